The quantitative estimate of drug-likeness (QED) is 0.555. The van der Waals surface area contributed by atoms with Gasteiger partial charge in [0.15, 0.2) is 9.84 Å². The Kier molecular flexibility index (Phi) is 4.97. The van der Waals surface area contributed by atoms with Gasteiger partial charge in [-0.25, -0.2) is 16.8 Å². The third kappa shape index (κ3) is 3.84. The SMILES string of the molecule is CCS(=O)(=O)c1ccc(S(=O)(=O)c2cccc(S(=O)(=O)O)c2)c(N)c1. The summed E-state index contributed by atoms with van der Waals surface area (Å²) in [6.45, 7) is 1.44. The molecular weight excluding hydrogens is 390 g/mol. The highest BCUT2D eigenvalue weighted by Crippen LogP contribution is 2.29. The smallest absolute Gasteiger partial charge is 0.294 e. The first-order valence-corrected chi connectivity index (χ1v) is 11.4. The van der Waals surface area contributed by atoms with Crippen molar-refractivity contribution in [2.24, 2.45) is 0 Å². The van der Waals surface area contributed by atoms with E-state index >= 15 is 0 Å². The molecule has 0 saturated carbocycles. The van der Waals surface area contributed by atoms with E-state index in [4.69, 9.17) is 10.3 Å². The van der Waals surface area contributed by atoms with Crippen molar-refractivity contribution in [1.82, 2.24) is 0 Å². The van der Waals surface area contributed by atoms with Gasteiger partial charge in [0.2, 0.25) is 9.84 Å². The molecule has 0 aliphatic heterocycles. The van der Waals surface area contributed by atoms with Crippen LogP contribution in [0.2, 0.25) is 0 Å². The second-order valence-corrected chi connectivity index (χ2v) is 10.7. The summed E-state index contributed by atoms with van der Waals surface area (Å²) in [5.74, 6) is -0.172. The van der Waals surface area contributed by atoms with E-state index in [-0.39, 0.29) is 21.2 Å². The first-order valence-electron chi connectivity index (χ1n) is 6.84. The van der Waals surface area contributed by atoms with Crippen molar-refractivity contribution in [2.75, 3.05) is 11.5 Å². The van der Waals surface area contributed by atoms with Crippen molar-refractivity contribution in [3.8, 4) is 0 Å². The molecule has 2 aromatic carbocycles. The Balaban J connectivity index is 2.62. The average molecular weight is 405 g/mol. The van der Waals surface area contributed by atoms with Crippen LogP contribution >= 0.6 is 0 Å². The Morgan fingerprint density at radius 3 is 2.00 bits per heavy atom. The largest absolute Gasteiger partial charge is 0.398 e. The molecular formula is C14H15NO7S3. The van der Waals surface area contributed by atoms with Crippen LogP contribution in [0.4, 0.5) is 5.69 Å². The summed E-state index contributed by atoms with van der Waals surface area (Å²) in [7, 11) is -12.4. The van der Waals surface area contributed by atoms with Crippen LogP contribution in [0.25, 0.3) is 0 Å². The Morgan fingerprint density at radius 2 is 1.48 bits per heavy atom. The molecule has 11 heteroatoms. The van der Waals surface area contributed by atoms with E-state index in [1.807, 2.05) is 0 Å². The van der Waals surface area contributed by atoms with E-state index in [0.29, 0.717) is 0 Å². The Bertz CT molecular complexity index is 1130. The molecule has 0 saturated heterocycles. The second kappa shape index (κ2) is 6.41. The lowest BCUT2D eigenvalue weighted by molar-refractivity contribution is 0.483. The summed E-state index contributed by atoms with van der Waals surface area (Å²) in [4.78, 5) is -1.47. The van der Waals surface area contributed by atoms with Crippen LogP contribution in [0, 0.1) is 0 Å². The van der Waals surface area contributed by atoms with Gasteiger partial charge in [-0.2, -0.15) is 8.42 Å². The maximum absolute atomic E-state index is 12.7. The van der Waals surface area contributed by atoms with E-state index in [1.165, 1.54) is 6.92 Å². The average Bonchev–Trinajstić information content (AvgIpc) is 2.53. The maximum atomic E-state index is 12.7. The molecule has 0 amide bonds. The van der Waals surface area contributed by atoms with E-state index in [1.54, 1.807) is 0 Å². The standard InChI is InChI=1S/C14H15NO7S3/c1-2-23(16,17)10-6-7-14(13(15)9-10)24(18,19)11-4-3-5-12(8-11)25(20,21)22/h3-9H,2,15H2,1H3,(H,20,21,22). The second-order valence-electron chi connectivity index (χ2n) is 5.06. The Morgan fingerprint density at radius 1 is 0.880 bits per heavy atom. The van der Waals surface area contributed by atoms with E-state index in [2.05, 4.69) is 0 Å². The molecule has 0 aromatic heterocycles. The van der Waals surface area contributed by atoms with Crippen molar-refractivity contribution in [3.63, 3.8) is 0 Å². The van der Waals surface area contributed by atoms with Crippen molar-refractivity contribution in [2.45, 2.75) is 26.5 Å². The van der Waals surface area contributed by atoms with Gasteiger partial charge in [0.1, 0.15) is 0 Å². The highest BCUT2D eigenvalue weighted by molar-refractivity contribution is 7.92. The molecule has 25 heavy (non-hydrogen) atoms. The van der Waals surface area contributed by atoms with Crippen molar-refractivity contribution >= 4 is 35.5 Å². The van der Waals surface area contributed by atoms with Crippen LogP contribution in [-0.4, -0.2) is 35.6 Å². The number of nitrogen functional groups attached to an aromatic ring is 1. The van der Waals surface area contributed by atoms with Gasteiger partial charge in [0, 0.05) is 0 Å². The molecule has 0 spiro atoms. The van der Waals surface area contributed by atoms with Gasteiger partial charge in [-0.05, 0) is 36.4 Å². The van der Waals surface area contributed by atoms with E-state index < -0.39 is 39.6 Å². The molecule has 0 radical (unpaired) electrons. The zero-order valence-electron chi connectivity index (χ0n) is 12.9. The lowest BCUT2D eigenvalue weighted by Crippen LogP contribution is -2.09. The fourth-order valence-electron chi connectivity index (χ4n) is 2.06. The molecule has 3 N–H and O–H groups in total. The third-order valence-electron chi connectivity index (χ3n) is 3.42. The molecule has 0 fully saturated rings. The summed E-state index contributed by atoms with van der Waals surface area (Å²) < 4.78 is 80.4. The van der Waals surface area contributed by atoms with Gasteiger partial charge in [0.05, 0.1) is 31.0 Å². The molecule has 8 nitrogen and oxygen atoms in total. The number of sulfone groups is 2. The van der Waals surface area contributed by atoms with Crippen LogP contribution in [0.3, 0.4) is 0 Å². The van der Waals surface area contributed by atoms with E-state index in [9.17, 15) is 25.3 Å². The monoisotopic (exact) mass is 405 g/mol. The number of hydrogen-bond donors (Lipinski definition) is 2. The number of benzene rings is 2. The fourth-order valence-corrected chi connectivity index (χ4v) is 4.99. The summed E-state index contributed by atoms with van der Waals surface area (Å²) >= 11 is 0. The number of nitrogens with two attached hydrogens (primary N) is 1. The van der Waals surface area contributed by atoms with Gasteiger partial charge in [-0.15, -0.1) is 0 Å². The van der Waals surface area contributed by atoms with Crippen molar-refractivity contribution < 1.29 is 29.8 Å². The minimum absolute atomic E-state index is 0.113. The lowest BCUT2D eigenvalue weighted by Gasteiger charge is -2.10. The molecule has 2 aromatic rings. The number of hydrogen-bond acceptors (Lipinski definition) is 7. The minimum atomic E-state index is -4.58. The zero-order chi connectivity index (χ0) is 19.0. The molecule has 2 rings (SSSR count). The van der Waals surface area contributed by atoms with Gasteiger partial charge in [-0.1, -0.05) is 13.0 Å². The van der Waals surface area contributed by atoms with Crippen LogP contribution < -0.4 is 5.73 Å². The highest BCUT2D eigenvalue weighted by atomic mass is 32.2. The molecule has 0 heterocycles. The topological polar surface area (TPSA) is 149 Å². The molecule has 136 valence electrons. The van der Waals surface area contributed by atoms with Crippen LogP contribution in [-0.2, 0) is 29.8 Å². The van der Waals surface area contributed by atoms with Crippen LogP contribution in [0.15, 0.2) is 62.0 Å². The molecule has 0 aliphatic rings. The van der Waals surface area contributed by atoms with Gasteiger partial charge in [-0.3, -0.25) is 4.55 Å². The van der Waals surface area contributed by atoms with Crippen molar-refractivity contribution in [1.29, 1.82) is 0 Å². The molecule has 0 aliphatic carbocycles. The molecule has 0 atom stereocenters. The number of anilines is 1. The van der Waals surface area contributed by atoms with E-state index in [0.717, 1.165) is 42.5 Å². The van der Waals surface area contributed by atoms with Gasteiger partial charge < -0.3 is 5.73 Å². The normalized spacial score (nSPS) is 12.9. The van der Waals surface area contributed by atoms with Crippen LogP contribution in [0.1, 0.15) is 6.92 Å². The maximum Gasteiger partial charge on any atom is 0.294 e. The Labute approximate surface area is 145 Å². The van der Waals surface area contributed by atoms with Gasteiger partial charge in [0.25, 0.3) is 10.1 Å². The molecule has 0 unspecified atom stereocenters. The molecule has 0 bridgehead atoms. The lowest BCUT2D eigenvalue weighted by atomic mass is 10.3. The van der Waals surface area contributed by atoms with Gasteiger partial charge >= 0.3 is 0 Å². The number of rotatable bonds is 5. The van der Waals surface area contributed by atoms with Crippen molar-refractivity contribution in [3.05, 3.63) is 42.5 Å². The summed E-state index contributed by atoms with van der Waals surface area (Å²) in [5.41, 5.74) is 5.42. The van der Waals surface area contributed by atoms with Crippen LogP contribution in [0.5, 0.6) is 0 Å². The minimum Gasteiger partial charge on any atom is -0.398 e. The first kappa shape index (κ1) is 19.4. The fraction of sp³-hybridized carbons (Fsp3) is 0.143. The predicted octanol–water partition coefficient (Wildman–Crippen LogP) is 1.14. The summed E-state index contributed by atoms with van der Waals surface area (Å²) in [6.07, 6.45) is 0. The first-order chi connectivity index (χ1) is 11.4. The highest BCUT2D eigenvalue weighted by Gasteiger charge is 2.24. The third-order valence-corrected chi connectivity index (χ3v) is 7.83. The predicted molar refractivity (Wildman–Crippen MR) is 90.3 cm³/mol. The zero-order valence-corrected chi connectivity index (χ0v) is 15.4. The summed E-state index contributed by atoms with van der Waals surface area (Å²) in [5, 5.41) is 0. The Hall–Kier alpha value is -1.95. The summed E-state index contributed by atoms with van der Waals surface area (Å²) in [6, 6.07) is 7.33.